The lowest BCUT2D eigenvalue weighted by Gasteiger charge is -2.23. The molecule has 0 spiro atoms. The second-order valence-corrected chi connectivity index (χ2v) is 13.5. The number of thioether (sulfide) groups is 1. The summed E-state index contributed by atoms with van der Waals surface area (Å²) in [6.07, 6.45) is 6.21. The van der Waals surface area contributed by atoms with Crippen molar-refractivity contribution < 1.29 is 28.9 Å². The van der Waals surface area contributed by atoms with Gasteiger partial charge in [-0.1, -0.05) is 99.0 Å². The summed E-state index contributed by atoms with van der Waals surface area (Å²) in [5.41, 5.74) is 2.01. The van der Waals surface area contributed by atoms with Gasteiger partial charge in [-0.15, -0.1) is 10.2 Å². The number of aliphatic hydroxyl groups is 1. The largest absolute Gasteiger partial charge is 0.507 e. The van der Waals surface area contributed by atoms with Crippen LogP contribution in [0.15, 0.2) is 82.7 Å². The molecule has 0 saturated carbocycles. The topological polar surface area (TPSA) is 111 Å². The number of hydrogen-bond donors (Lipinski definition) is 1. The van der Waals surface area contributed by atoms with E-state index in [1.165, 1.54) is 28.0 Å². The van der Waals surface area contributed by atoms with Crippen LogP contribution in [0.2, 0.25) is 0 Å². The van der Waals surface area contributed by atoms with E-state index in [1.54, 1.807) is 49.6 Å². The highest BCUT2D eigenvalue weighted by molar-refractivity contribution is 8.00. The predicted octanol–water partition coefficient (Wildman–Crippen LogP) is 8.60. The molecule has 2 heterocycles. The molecule has 1 aromatic heterocycles. The number of ether oxygens (including phenoxy) is 3. The SMILES string of the molecule is CCCCCCOc1ccc([C@@H]2C(=C(O)c3ccc(OCCCC)cc3)C(=O)C(=O)N2c2nnc(SCc3ccccc3)s2)cc1OC. The third kappa shape index (κ3) is 8.38. The van der Waals surface area contributed by atoms with Crippen LogP contribution in [0.4, 0.5) is 5.13 Å². The van der Waals surface area contributed by atoms with Crippen molar-refractivity contribution in [3.05, 3.63) is 95.1 Å². The normalized spacial score (nSPS) is 15.6. The van der Waals surface area contributed by atoms with Gasteiger partial charge in [0.15, 0.2) is 15.8 Å². The molecule has 4 aromatic rings. The highest BCUT2D eigenvalue weighted by Crippen LogP contribution is 2.45. The second-order valence-electron chi connectivity index (χ2n) is 11.3. The Hall–Kier alpha value is -4.35. The maximum absolute atomic E-state index is 13.8. The van der Waals surface area contributed by atoms with Gasteiger partial charge in [0.2, 0.25) is 5.13 Å². The molecular weight excluding hydrogens is 647 g/mol. The molecule has 1 saturated heterocycles. The van der Waals surface area contributed by atoms with Crippen molar-refractivity contribution in [2.45, 2.75) is 68.5 Å². The fraction of sp³-hybridized carbons (Fsp3) is 0.351. The standard InChI is InChI=1S/C37H41N3O6S2/c1-4-6-8-12-22-46-29-20-17-27(23-30(29)44-3)32-31(33(41)26-15-18-28(19-16-26)45-21-7-5-2)34(42)35(43)40(32)36-38-39-37(48-36)47-24-25-13-10-9-11-14-25/h9-11,13-20,23,32,41H,4-8,12,21-22,24H2,1-3H3/t32-/m1/s1. The molecule has 0 unspecified atom stereocenters. The quantitative estimate of drug-likeness (QED) is 0.0291. The zero-order chi connectivity index (χ0) is 33.9. The van der Waals surface area contributed by atoms with Crippen molar-refractivity contribution in [1.82, 2.24) is 10.2 Å². The van der Waals surface area contributed by atoms with Crippen LogP contribution < -0.4 is 19.1 Å². The van der Waals surface area contributed by atoms with Crippen LogP contribution in [0.3, 0.4) is 0 Å². The van der Waals surface area contributed by atoms with Crippen molar-refractivity contribution in [1.29, 1.82) is 0 Å². The van der Waals surface area contributed by atoms with Gasteiger partial charge in [0, 0.05) is 11.3 Å². The Morgan fingerprint density at radius 1 is 0.875 bits per heavy atom. The lowest BCUT2D eigenvalue weighted by atomic mass is 9.95. The summed E-state index contributed by atoms with van der Waals surface area (Å²) in [6, 6.07) is 21.1. The predicted molar refractivity (Wildman–Crippen MR) is 190 cm³/mol. The summed E-state index contributed by atoms with van der Waals surface area (Å²) in [7, 11) is 1.55. The summed E-state index contributed by atoms with van der Waals surface area (Å²) in [5.74, 6) is 0.437. The van der Waals surface area contributed by atoms with E-state index in [9.17, 15) is 14.7 Å². The smallest absolute Gasteiger partial charge is 0.301 e. The molecule has 1 aliphatic rings. The van der Waals surface area contributed by atoms with Crippen molar-refractivity contribution >= 4 is 45.7 Å². The molecule has 252 valence electrons. The molecule has 0 bridgehead atoms. The van der Waals surface area contributed by atoms with Gasteiger partial charge in [-0.25, -0.2) is 0 Å². The number of aromatic nitrogens is 2. The van der Waals surface area contributed by atoms with Crippen LogP contribution in [0.5, 0.6) is 17.2 Å². The average Bonchev–Trinajstić information content (AvgIpc) is 3.69. The number of carbonyl (C=O) groups excluding carboxylic acids is 2. The highest BCUT2D eigenvalue weighted by Gasteiger charge is 2.48. The van der Waals surface area contributed by atoms with E-state index in [4.69, 9.17) is 14.2 Å². The molecule has 1 N–H and O–H groups in total. The first kappa shape index (κ1) is 35.0. The highest BCUT2D eigenvalue weighted by atomic mass is 32.2. The zero-order valence-electron chi connectivity index (χ0n) is 27.5. The number of hydrogen-bond acceptors (Lipinski definition) is 10. The third-order valence-electron chi connectivity index (χ3n) is 7.90. The Kier molecular flexibility index (Phi) is 12.5. The number of anilines is 1. The third-order valence-corrected chi connectivity index (χ3v) is 10.0. The molecule has 1 atom stereocenters. The number of ketones is 1. The summed E-state index contributed by atoms with van der Waals surface area (Å²) in [4.78, 5) is 28.8. The Balaban J connectivity index is 1.50. The number of methoxy groups -OCH3 is 1. The first-order chi connectivity index (χ1) is 23.4. The van der Waals surface area contributed by atoms with E-state index in [-0.39, 0.29) is 16.5 Å². The van der Waals surface area contributed by atoms with Gasteiger partial charge < -0.3 is 19.3 Å². The van der Waals surface area contributed by atoms with E-state index in [0.717, 1.165) is 44.1 Å². The molecule has 0 radical (unpaired) electrons. The van der Waals surface area contributed by atoms with Crippen LogP contribution in [0.25, 0.3) is 5.76 Å². The number of unbranched alkanes of at least 4 members (excludes halogenated alkanes) is 4. The van der Waals surface area contributed by atoms with Gasteiger partial charge in [-0.3, -0.25) is 14.5 Å². The lowest BCUT2D eigenvalue weighted by molar-refractivity contribution is -0.132. The van der Waals surface area contributed by atoms with Crippen LogP contribution in [-0.4, -0.2) is 47.3 Å². The number of aliphatic hydroxyl groups excluding tert-OH is 1. The van der Waals surface area contributed by atoms with E-state index in [1.807, 2.05) is 30.3 Å². The fourth-order valence-electron chi connectivity index (χ4n) is 5.31. The summed E-state index contributed by atoms with van der Waals surface area (Å²) in [6.45, 7) is 5.38. The van der Waals surface area contributed by atoms with Crippen LogP contribution in [-0.2, 0) is 15.3 Å². The van der Waals surface area contributed by atoms with Crippen LogP contribution >= 0.6 is 23.1 Å². The van der Waals surface area contributed by atoms with Crippen molar-refractivity contribution in [3.63, 3.8) is 0 Å². The lowest BCUT2D eigenvalue weighted by Crippen LogP contribution is -2.29. The monoisotopic (exact) mass is 687 g/mol. The van der Waals surface area contributed by atoms with Gasteiger partial charge in [-0.05, 0) is 60.4 Å². The minimum atomic E-state index is -0.988. The Bertz CT molecular complexity index is 1710. The minimum Gasteiger partial charge on any atom is -0.507 e. The summed E-state index contributed by atoms with van der Waals surface area (Å²) >= 11 is 2.72. The number of nitrogens with zero attached hydrogens (tertiary/aromatic N) is 3. The van der Waals surface area contributed by atoms with Crippen LogP contribution in [0, 0.1) is 0 Å². The Morgan fingerprint density at radius 3 is 2.35 bits per heavy atom. The first-order valence-corrected chi connectivity index (χ1v) is 18.1. The molecule has 9 nitrogen and oxygen atoms in total. The van der Waals surface area contributed by atoms with Gasteiger partial charge >= 0.3 is 5.91 Å². The van der Waals surface area contributed by atoms with E-state index in [2.05, 4.69) is 24.0 Å². The number of amides is 1. The fourth-order valence-corrected chi connectivity index (χ4v) is 7.13. The van der Waals surface area contributed by atoms with E-state index < -0.39 is 17.7 Å². The van der Waals surface area contributed by atoms with Gasteiger partial charge in [0.05, 0.1) is 31.9 Å². The van der Waals surface area contributed by atoms with Crippen molar-refractivity contribution in [2.75, 3.05) is 25.2 Å². The molecule has 48 heavy (non-hydrogen) atoms. The Labute approximate surface area is 290 Å². The van der Waals surface area contributed by atoms with Gasteiger partial charge in [0.25, 0.3) is 5.78 Å². The van der Waals surface area contributed by atoms with Crippen molar-refractivity contribution in [2.24, 2.45) is 0 Å². The number of Topliss-reactive ketones (excluding diaryl/α,β-unsaturated/α-hetero) is 1. The maximum Gasteiger partial charge on any atom is 0.301 e. The molecule has 3 aromatic carbocycles. The first-order valence-electron chi connectivity index (χ1n) is 16.3. The summed E-state index contributed by atoms with van der Waals surface area (Å²) < 4.78 is 18.2. The molecule has 5 rings (SSSR count). The molecule has 1 fully saturated rings. The number of rotatable bonds is 17. The summed E-state index contributed by atoms with van der Waals surface area (Å²) in [5, 5.41) is 20.6. The molecule has 0 aliphatic carbocycles. The zero-order valence-corrected chi connectivity index (χ0v) is 29.1. The van der Waals surface area contributed by atoms with Crippen LogP contribution in [0.1, 0.15) is 75.1 Å². The molecular formula is C37H41N3O6S2. The number of benzene rings is 3. The van der Waals surface area contributed by atoms with E-state index >= 15 is 0 Å². The number of carbonyl (C=O) groups is 2. The van der Waals surface area contributed by atoms with Gasteiger partial charge in [-0.2, -0.15) is 0 Å². The van der Waals surface area contributed by atoms with E-state index in [0.29, 0.717) is 51.7 Å². The van der Waals surface area contributed by atoms with Gasteiger partial charge in [0.1, 0.15) is 11.5 Å². The van der Waals surface area contributed by atoms with Crippen molar-refractivity contribution in [3.8, 4) is 17.2 Å². The minimum absolute atomic E-state index is 0.0522. The molecule has 11 heteroatoms. The molecule has 1 amide bonds. The molecule has 1 aliphatic heterocycles. The second kappa shape index (κ2) is 17.2. The maximum atomic E-state index is 13.8. The average molecular weight is 688 g/mol. The Morgan fingerprint density at radius 2 is 1.62 bits per heavy atom.